The van der Waals surface area contributed by atoms with Crippen LogP contribution in [-0.2, 0) is 68.3 Å². The van der Waals surface area contributed by atoms with E-state index in [0.29, 0.717) is 44.5 Å². The number of carboxylic acids is 1. The smallest absolute Gasteiger partial charge is 0.408 e. The predicted octanol–water partition coefficient (Wildman–Crippen LogP) is 9.35. The van der Waals surface area contributed by atoms with Crippen LogP contribution in [0.15, 0.2) is 72.8 Å². The van der Waals surface area contributed by atoms with Crippen LogP contribution in [-0.4, -0.2) is 168 Å². The van der Waals surface area contributed by atoms with Crippen LogP contribution in [0.25, 0.3) is 34.0 Å². The van der Waals surface area contributed by atoms with Gasteiger partial charge in [-0.05, 0) is 191 Å². The summed E-state index contributed by atoms with van der Waals surface area (Å²) in [4.78, 5) is 134. The fourth-order valence-corrected chi connectivity index (χ4v) is 11.2. The van der Waals surface area contributed by atoms with Crippen LogP contribution in [0.4, 0.5) is 9.59 Å². The minimum absolute atomic E-state index is 0.137. The molecule has 0 radical (unpaired) electrons. The molecule has 0 spiro atoms. The highest BCUT2D eigenvalue weighted by atomic mass is 32.2. The molecule has 9 atom stereocenters. The molecule has 28 nitrogen and oxygen atoms in total. The van der Waals surface area contributed by atoms with Crippen molar-refractivity contribution < 1.29 is 76.2 Å². The van der Waals surface area contributed by atoms with Gasteiger partial charge in [0.15, 0.2) is 0 Å². The minimum Gasteiger partial charge on any atom is -0.480 e. The molecule has 4 aromatic rings. The number of carboxylic acid groups (broad SMARTS) is 1. The first-order valence-electron chi connectivity index (χ1n) is 35.4. The number of esters is 2. The number of rotatable bonds is 23. The first-order valence-corrected chi connectivity index (χ1v) is 36.5. The van der Waals surface area contributed by atoms with E-state index < -0.39 is 117 Å². The molecule has 580 valence electrons. The highest BCUT2D eigenvalue weighted by Crippen LogP contribution is 2.27. The van der Waals surface area contributed by atoms with Crippen molar-refractivity contribution in [3.8, 4) is 0 Å². The van der Waals surface area contributed by atoms with Crippen LogP contribution in [0.5, 0.6) is 0 Å². The molecule has 2 saturated heterocycles. The third-order valence-electron chi connectivity index (χ3n) is 16.6. The number of aliphatic carboxylic acids is 1. The molecule has 0 bridgehead atoms. The van der Waals surface area contributed by atoms with E-state index in [2.05, 4.69) is 42.2 Å². The Morgan fingerprint density at radius 2 is 0.905 bits per heavy atom. The molecule has 29 heteroatoms. The Labute approximate surface area is 620 Å². The number of carbonyl (C=O) groups excluding carboxylic acids is 9. The van der Waals surface area contributed by atoms with Gasteiger partial charge in [0, 0.05) is 23.9 Å². The van der Waals surface area contributed by atoms with Crippen molar-refractivity contribution in [2.45, 2.75) is 235 Å². The summed E-state index contributed by atoms with van der Waals surface area (Å²) in [6, 6.07) is 13.9. The Morgan fingerprint density at radius 1 is 0.533 bits per heavy atom. The lowest BCUT2D eigenvalue weighted by molar-refractivity contribution is -0.149. The molecule has 0 saturated carbocycles. The molecule has 2 aromatic carbocycles. The summed E-state index contributed by atoms with van der Waals surface area (Å²) in [6.07, 6.45) is 8.01. The molecule has 2 aliphatic rings. The number of methoxy groups -OCH3 is 2. The summed E-state index contributed by atoms with van der Waals surface area (Å²) in [6.45, 7) is 38.0. The number of hydrazine groups is 2. The zero-order valence-corrected chi connectivity index (χ0v) is 66.2. The van der Waals surface area contributed by atoms with Crippen LogP contribution < -0.4 is 42.2 Å². The van der Waals surface area contributed by atoms with Crippen LogP contribution >= 0.6 is 0 Å². The maximum absolute atomic E-state index is 13.3. The van der Waals surface area contributed by atoms with E-state index in [1.54, 1.807) is 96.1 Å². The van der Waals surface area contributed by atoms with Gasteiger partial charge >= 0.3 is 30.1 Å². The molecular weight excluding hydrogens is 1370 g/mol. The molecule has 6 rings (SSSR count). The fraction of sp³-hybridized carbons (Fsp3) is 0.579. The third kappa shape index (κ3) is 28.1. The van der Waals surface area contributed by atoms with E-state index in [1.807, 2.05) is 127 Å². The second-order valence-electron chi connectivity index (χ2n) is 31.1. The van der Waals surface area contributed by atoms with Crippen molar-refractivity contribution in [3.05, 3.63) is 95.3 Å². The average Bonchev–Trinajstić information content (AvgIpc) is 0.820. The van der Waals surface area contributed by atoms with Crippen LogP contribution in [0.3, 0.4) is 0 Å². The summed E-state index contributed by atoms with van der Waals surface area (Å²) in [7, 11) is 1.58. The standard InChI is InChI=1S/C36H52N6O7.C22H30N2O3S.C18H32N4O6/c1-21(2)29(40-34(47)49-35(5,6)7)31(44)38-23(4)32(45)42-19-11-12-27(41-42)30(43)37-22(3)26-16-15-25-14-13-24(20-28(25)39-26)17-18-36(8,9)33(46)48-10;1-15(24-28(26)21(2,3)4)18-11-10-17-9-8-16(14-19(17)23-18)12-13-22(5,6)20(25)27-7;1-10(2)13(20-17(27)28-18(4,5)6)14(23)19-11(3)15(24)22-9-7-8-12(21-22)16(25)26/h13-18,20-23,27,29,41H,11-12,19H2,1-10H3,(H,37,43)(H,38,44)(H,40,47);8-15,24H,1-7H3;10-13,21H,7-9H2,1-6H3,(H,19,23)(H,20,27)(H,25,26)/b18-17+;13-12+;/t22-,23+,27+,29+;15-,28-;11-,12-,13-/m110/s1. The molecule has 9 N–H and O–H groups in total. The van der Waals surface area contributed by atoms with Gasteiger partial charge in [0.25, 0.3) is 11.8 Å². The number of nitrogens with one attached hydrogen (secondary N) is 8. The highest BCUT2D eigenvalue weighted by Gasteiger charge is 2.37. The van der Waals surface area contributed by atoms with E-state index in [-0.39, 0.29) is 40.5 Å². The van der Waals surface area contributed by atoms with Crippen molar-refractivity contribution in [1.82, 2.24) is 62.1 Å². The molecule has 2 aliphatic heterocycles. The molecule has 0 unspecified atom stereocenters. The quantitative estimate of drug-likeness (QED) is 0.0246. The normalized spacial score (nSPS) is 17.3. The number of carbonyl (C=O) groups is 10. The van der Waals surface area contributed by atoms with Gasteiger partial charge in [0.05, 0.1) is 75.3 Å². The summed E-state index contributed by atoms with van der Waals surface area (Å²) in [5, 5.41) is 27.0. The highest BCUT2D eigenvalue weighted by molar-refractivity contribution is 7.84. The SMILES string of the molecule is CC(C)[C@H](NC(=O)OC(C)(C)C)C(=O)N[C@@H](C)C(=O)N1CCC[C@@H](C(=O)O)N1.COC(=O)C(C)(C)/C=C/c1ccc2ccc([C@@H](C)NC(=O)[C@@H]3CCCN(C(=O)[C@H](C)NC(=O)[C@@H](NC(=O)OC(C)(C)C)C(C)C)N3)nc2c1.COC(=O)C(C)(C)/C=C/c1ccc2ccc([C@@H](C)N[S@](=O)C(C)(C)C)nc2c1. The fourth-order valence-electron chi connectivity index (χ4n) is 10.4. The van der Waals surface area contributed by atoms with Gasteiger partial charge in [-0.2, -0.15) is 0 Å². The average molecular weight is 1480 g/mol. The van der Waals surface area contributed by atoms with E-state index in [1.165, 1.54) is 31.2 Å². The number of hydrogen-bond donors (Lipinski definition) is 9. The summed E-state index contributed by atoms with van der Waals surface area (Å²) in [5.41, 5.74) is 7.67. The molecular formula is C76H114N12O16S. The van der Waals surface area contributed by atoms with E-state index in [4.69, 9.17) is 34.0 Å². The topological polar surface area (TPSA) is 373 Å². The number of benzene rings is 2. The Kier molecular flexibility index (Phi) is 32.3. The number of aromatic nitrogens is 2. The number of ether oxygens (including phenoxy) is 4. The van der Waals surface area contributed by atoms with E-state index in [0.717, 1.165) is 38.6 Å². The lowest BCUT2D eigenvalue weighted by Gasteiger charge is -2.35. The van der Waals surface area contributed by atoms with Gasteiger partial charge in [-0.3, -0.25) is 58.3 Å². The maximum atomic E-state index is 13.3. The molecule has 4 heterocycles. The minimum atomic E-state index is -1.17. The third-order valence-corrected chi connectivity index (χ3v) is 18.3. The van der Waals surface area contributed by atoms with Gasteiger partial charge in [-0.15, -0.1) is 0 Å². The summed E-state index contributed by atoms with van der Waals surface area (Å²) < 4.78 is 35.3. The monoisotopic (exact) mass is 1480 g/mol. The Morgan fingerprint density at radius 3 is 1.27 bits per heavy atom. The first-order chi connectivity index (χ1) is 48.6. The van der Waals surface area contributed by atoms with Crippen molar-refractivity contribution in [3.63, 3.8) is 0 Å². The number of fused-ring (bicyclic) bond motifs is 2. The predicted molar refractivity (Wildman–Crippen MR) is 404 cm³/mol. The van der Waals surface area contributed by atoms with E-state index in [9.17, 15) is 52.2 Å². The Bertz CT molecular complexity index is 3820. The zero-order chi connectivity index (χ0) is 79.4. The maximum Gasteiger partial charge on any atom is 0.408 e. The zero-order valence-electron chi connectivity index (χ0n) is 65.4. The van der Waals surface area contributed by atoms with Gasteiger partial charge in [0.1, 0.15) is 47.5 Å². The first kappa shape index (κ1) is 88.5. The number of hydrogen-bond acceptors (Lipinski definition) is 19. The number of nitrogens with zero attached hydrogens (tertiary/aromatic N) is 4. The Hall–Kier alpha value is -8.93. The van der Waals surface area contributed by atoms with Gasteiger partial charge in [-0.25, -0.2) is 29.4 Å². The van der Waals surface area contributed by atoms with Crippen molar-refractivity contribution >= 4 is 105 Å². The van der Waals surface area contributed by atoms with Gasteiger partial charge in [0.2, 0.25) is 17.7 Å². The second kappa shape index (κ2) is 38.4. The largest absolute Gasteiger partial charge is 0.480 e. The van der Waals surface area contributed by atoms with Crippen molar-refractivity contribution in [1.29, 1.82) is 0 Å². The van der Waals surface area contributed by atoms with Crippen molar-refractivity contribution in [2.75, 3.05) is 27.3 Å². The molecule has 0 aliphatic carbocycles. The molecule has 2 aromatic heterocycles. The second-order valence-corrected chi connectivity index (χ2v) is 33.1. The molecule has 105 heavy (non-hydrogen) atoms. The summed E-state index contributed by atoms with van der Waals surface area (Å²) in [5.74, 6) is -4.32. The lowest BCUT2D eigenvalue weighted by Crippen LogP contribution is -2.62. The molecule has 2 fully saturated rings. The van der Waals surface area contributed by atoms with Crippen LogP contribution in [0.2, 0.25) is 0 Å². The Balaban J connectivity index is 0.000000357. The van der Waals surface area contributed by atoms with Gasteiger partial charge in [-0.1, -0.05) is 88.4 Å². The molecule has 7 amide bonds. The van der Waals surface area contributed by atoms with Crippen molar-refractivity contribution in [2.24, 2.45) is 22.7 Å². The van der Waals surface area contributed by atoms with Crippen LogP contribution in [0.1, 0.15) is 206 Å². The van der Waals surface area contributed by atoms with Gasteiger partial charge < -0.3 is 50.6 Å². The van der Waals surface area contributed by atoms with E-state index >= 15 is 0 Å². The lowest BCUT2D eigenvalue weighted by atomic mass is 9.92. The number of alkyl carbamates (subject to hydrolysis) is 2. The van der Waals surface area contributed by atoms with Crippen LogP contribution in [0, 0.1) is 22.7 Å². The number of amides is 7. The number of pyridine rings is 2. The summed E-state index contributed by atoms with van der Waals surface area (Å²) >= 11 is 0.